The second-order valence-electron chi connectivity index (χ2n) is 8.14. The first-order valence-corrected chi connectivity index (χ1v) is 11.8. The first-order valence-electron chi connectivity index (χ1n) is 10.3. The van der Waals surface area contributed by atoms with Crippen LogP contribution in [-0.4, -0.2) is 54.8 Å². The van der Waals surface area contributed by atoms with E-state index in [0.29, 0.717) is 0 Å². The summed E-state index contributed by atoms with van der Waals surface area (Å²) in [5, 5.41) is 22.0. The van der Waals surface area contributed by atoms with Crippen LogP contribution in [0.4, 0.5) is 0 Å². The van der Waals surface area contributed by atoms with Crippen LogP contribution in [0.3, 0.4) is 0 Å². The molecule has 12 heteroatoms. The number of nitrogens with one attached hydrogen (secondary N) is 2. The molecule has 3 rings (SSSR count). The molecule has 0 aliphatic heterocycles. The van der Waals surface area contributed by atoms with Crippen molar-refractivity contribution in [3.05, 3.63) is 72.1 Å². The van der Waals surface area contributed by atoms with Crippen molar-refractivity contribution in [2.24, 2.45) is 5.41 Å². The number of carbonyl (C=O) groups excluding carboxylic acids is 1. The topological polar surface area (TPSA) is 175 Å². The minimum atomic E-state index is -4.89. The van der Waals surface area contributed by atoms with Gasteiger partial charge in [-0.05, 0) is 36.5 Å². The highest BCUT2D eigenvalue weighted by Crippen LogP contribution is 2.39. The Kier molecular flexibility index (Phi) is 7.95. The van der Waals surface area contributed by atoms with Gasteiger partial charge in [0.1, 0.15) is 5.69 Å². The fourth-order valence-corrected chi connectivity index (χ4v) is 3.92. The van der Waals surface area contributed by atoms with Crippen molar-refractivity contribution in [1.29, 1.82) is 0 Å². The van der Waals surface area contributed by atoms with Gasteiger partial charge in [-0.3, -0.25) is 19.2 Å². The summed E-state index contributed by atoms with van der Waals surface area (Å²) in [5.74, 6) is -1.86. The van der Waals surface area contributed by atoms with E-state index in [4.69, 9.17) is 9.79 Å². The van der Waals surface area contributed by atoms with Crippen LogP contribution in [0.5, 0.6) is 0 Å². The lowest BCUT2D eigenvalue weighted by Crippen LogP contribution is -2.44. The molecular weight excluding hydrogens is 463 g/mol. The van der Waals surface area contributed by atoms with E-state index in [2.05, 4.69) is 25.3 Å². The Balaban J connectivity index is 1.81. The molecular formula is C22H25N4O7P. The van der Waals surface area contributed by atoms with Crippen molar-refractivity contribution in [3.8, 4) is 11.1 Å². The molecule has 5 N–H and O–H groups in total. The van der Waals surface area contributed by atoms with E-state index in [-0.39, 0.29) is 18.5 Å². The Labute approximate surface area is 195 Å². The summed E-state index contributed by atoms with van der Waals surface area (Å²) < 4.78 is 15.6. The van der Waals surface area contributed by atoms with E-state index in [0.717, 1.165) is 16.7 Å². The predicted molar refractivity (Wildman–Crippen MR) is 122 cm³/mol. The first-order chi connectivity index (χ1) is 16.1. The lowest BCUT2D eigenvalue weighted by molar-refractivity contribution is -0.150. The third-order valence-corrected chi connectivity index (χ3v) is 5.77. The molecule has 0 spiro atoms. The fourth-order valence-electron chi connectivity index (χ4n) is 3.47. The van der Waals surface area contributed by atoms with Crippen LogP contribution in [0.15, 0.2) is 60.8 Å². The molecule has 1 amide bonds. The number of phosphoric acid groups is 1. The van der Waals surface area contributed by atoms with Crippen LogP contribution >= 0.6 is 7.82 Å². The van der Waals surface area contributed by atoms with Crippen LogP contribution in [0.1, 0.15) is 29.4 Å². The SMILES string of the molecule is C[C@@](COP(=O)(O)O)(C[C@@H](Cc1ccc(-c2ccccc2)cc1)NC(=O)c1cnn[nH]1)C(=O)O. The van der Waals surface area contributed by atoms with Gasteiger partial charge in [0.05, 0.1) is 18.2 Å². The molecule has 0 bridgehead atoms. The van der Waals surface area contributed by atoms with Gasteiger partial charge in [0.25, 0.3) is 5.91 Å². The molecule has 34 heavy (non-hydrogen) atoms. The Morgan fingerprint density at radius 2 is 1.76 bits per heavy atom. The highest BCUT2D eigenvalue weighted by atomic mass is 31.2. The monoisotopic (exact) mass is 488 g/mol. The molecule has 1 heterocycles. The van der Waals surface area contributed by atoms with Gasteiger partial charge < -0.3 is 20.2 Å². The van der Waals surface area contributed by atoms with E-state index in [1.165, 1.54) is 13.1 Å². The van der Waals surface area contributed by atoms with Crippen LogP contribution in [0, 0.1) is 5.41 Å². The van der Waals surface area contributed by atoms with Crippen molar-refractivity contribution in [1.82, 2.24) is 20.7 Å². The Bertz CT molecular complexity index is 1150. The summed E-state index contributed by atoms with van der Waals surface area (Å²) >= 11 is 0. The van der Waals surface area contributed by atoms with Gasteiger partial charge >= 0.3 is 13.8 Å². The van der Waals surface area contributed by atoms with E-state index < -0.39 is 37.8 Å². The highest BCUT2D eigenvalue weighted by Gasteiger charge is 2.39. The molecule has 3 aromatic rings. The zero-order chi connectivity index (χ0) is 24.8. The Hall–Kier alpha value is -3.37. The quantitative estimate of drug-likeness (QED) is 0.254. The normalized spacial score (nSPS) is 14.2. The third-order valence-electron chi connectivity index (χ3n) is 5.30. The number of benzene rings is 2. The van der Waals surface area contributed by atoms with Gasteiger partial charge in [0.2, 0.25) is 0 Å². The van der Waals surface area contributed by atoms with Crippen molar-refractivity contribution in [3.63, 3.8) is 0 Å². The average Bonchev–Trinajstić information content (AvgIpc) is 3.33. The summed E-state index contributed by atoms with van der Waals surface area (Å²) in [5.41, 5.74) is 1.27. The summed E-state index contributed by atoms with van der Waals surface area (Å²) in [4.78, 5) is 42.6. The Morgan fingerprint density at radius 1 is 1.12 bits per heavy atom. The van der Waals surface area contributed by atoms with Gasteiger partial charge in [-0.2, -0.15) is 0 Å². The third kappa shape index (κ3) is 7.06. The smallest absolute Gasteiger partial charge is 0.469 e. The van der Waals surface area contributed by atoms with E-state index in [1.54, 1.807) is 0 Å². The molecule has 2 atom stereocenters. The van der Waals surface area contributed by atoms with Crippen LogP contribution in [0.2, 0.25) is 0 Å². The summed E-state index contributed by atoms with van der Waals surface area (Å²) in [7, 11) is -4.89. The number of hydrogen-bond donors (Lipinski definition) is 5. The van der Waals surface area contributed by atoms with Gasteiger partial charge in [-0.15, -0.1) is 5.10 Å². The number of carbonyl (C=O) groups is 2. The van der Waals surface area contributed by atoms with Crippen molar-refractivity contribution < 1.29 is 33.6 Å². The molecule has 0 saturated carbocycles. The second-order valence-corrected chi connectivity index (χ2v) is 9.38. The average molecular weight is 488 g/mol. The first kappa shape index (κ1) is 25.3. The molecule has 0 aliphatic rings. The lowest BCUT2D eigenvalue weighted by Gasteiger charge is -2.30. The van der Waals surface area contributed by atoms with Crippen molar-refractivity contribution in [2.45, 2.75) is 25.8 Å². The maximum Gasteiger partial charge on any atom is 0.469 e. The fraction of sp³-hybridized carbons (Fsp3) is 0.273. The summed E-state index contributed by atoms with van der Waals surface area (Å²) in [6, 6.07) is 16.7. The number of aromatic nitrogens is 3. The molecule has 0 unspecified atom stereocenters. The number of aliphatic carboxylic acids is 1. The molecule has 180 valence electrons. The number of carboxylic acid groups (broad SMARTS) is 1. The highest BCUT2D eigenvalue weighted by molar-refractivity contribution is 7.46. The molecule has 2 aromatic carbocycles. The number of aromatic amines is 1. The van der Waals surface area contributed by atoms with Crippen molar-refractivity contribution in [2.75, 3.05) is 6.61 Å². The largest absolute Gasteiger partial charge is 0.481 e. The van der Waals surface area contributed by atoms with Crippen LogP contribution < -0.4 is 5.32 Å². The maximum absolute atomic E-state index is 12.6. The number of amides is 1. The molecule has 1 aromatic heterocycles. The molecule has 11 nitrogen and oxygen atoms in total. The molecule has 0 fully saturated rings. The summed E-state index contributed by atoms with van der Waals surface area (Å²) in [6.45, 7) is 0.567. The lowest BCUT2D eigenvalue weighted by atomic mass is 9.82. The van der Waals surface area contributed by atoms with Crippen LogP contribution in [0.25, 0.3) is 11.1 Å². The van der Waals surface area contributed by atoms with Gasteiger partial charge in [-0.1, -0.05) is 59.8 Å². The molecule has 0 saturated heterocycles. The van der Waals surface area contributed by atoms with E-state index in [1.807, 2.05) is 54.6 Å². The maximum atomic E-state index is 12.6. The number of nitrogens with zero attached hydrogens (tertiary/aromatic N) is 2. The number of carboxylic acids is 1. The Morgan fingerprint density at radius 3 is 2.32 bits per heavy atom. The number of H-pyrrole nitrogens is 1. The number of rotatable bonds is 11. The molecule has 0 radical (unpaired) electrons. The number of phosphoric ester groups is 1. The second kappa shape index (κ2) is 10.7. The standard InChI is InChI=1S/C22H25N4O7P/c1-22(21(28)29,14-33-34(30,31)32)12-18(24-20(27)19-13-23-26-25-19)11-15-7-9-17(10-8-15)16-5-3-2-4-6-16/h2-10,13,18H,11-12,14H2,1H3,(H,24,27)(H,28,29)(H,23,25,26)(H2,30,31,32)/t18-,22+/m1/s1. The van der Waals surface area contributed by atoms with Gasteiger partial charge in [-0.25, -0.2) is 4.57 Å². The zero-order valence-electron chi connectivity index (χ0n) is 18.3. The minimum Gasteiger partial charge on any atom is -0.481 e. The molecule has 0 aliphatic carbocycles. The van der Waals surface area contributed by atoms with Crippen LogP contribution in [-0.2, 0) is 20.3 Å². The van der Waals surface area contributed by atoms with Gasteiger partial charge in [0.15, 0.2) is 0 Å². The minimum absolute atomic E-state index is 0.0907. The van der Waals surface area contributed by atoms with Crippen molar-refractivity contribution >= 4 is 19.7 Å². The summed E-state index contributed by atoms with van der Waals surface area (Å²) in [6.07, 6.45) is 1.34. The predicted octanol–water partition coefficient (Wildman–Crippen LogP) is 2.40. The van der Waals surface area contributed by atoms with E-state index >= 15 is 0 Å². The van der Waals surface area contributed by atoms with E-state index in [9.17, 15) is 19.3 Å². The number of hydrogen-bond acceptors (Lipinski definition) is 6. The zero-order valence-corrected chi connectivity index (χ0v) is 19.2. The van der Waals surface area contributed by atoms with Gasteiger partial charge in [0, 0.05) is 6.04 Å².